The fourth-order valence-electron chi connectivity index (χ4n) is 2.76. The summed E-state index contributed by atoms with van der Waals surface area (Å²) < 4.78 is 36.4. The van der Waals surface area contributed by atoms with Crippen molar-refractivity contribution in [2.75, 3.05) is 30.8 Å². The van der Waals surface area contributed by atoms with Gasteiger partial charge in [-0.05, 0) is 49.7 Å². The lowest BCUT2D eigenvalue weighted by atomic mass is 10.2. The van der Waals surface area contributed by atoms with Gasteiger partial charge in [-0.25, -0.2) is 8.42 Å². The van der Waals surface area contributed by atoms with Crippen LogP contribution in [0.3, 0.4) is 0 Å². The number of sulfonamides is 1. The first-order valence-corrected chi connectivity index (χ1v) is 11.6. The third kappa shape index (κ3) is 6.17. The standard InChI is InChI=1S/C20H24Cl2N2O5S/c1-13-5-7-16(12-17(13)21)29-10-9-23-20(25)14(2)24(30(4,26)27)15-6-8-19(28-3)18(22)11-15/h5-8,11-12,14H,9-10H2,1-4H3,(H,23,25)/t14-/m0/s1. The van der Waals surface area contributed by atoms with Gasteiger partial charge in [0.2, 0.25) is 15.9 Å². The van der Waals surface area contributed by atoms with Crippen molar-refractivity contribution in [2.45, 2.75) is 19.9 Å². The highest BCUT2D eigenvalue weighted by Gasteiger charge is 2.29. The lowest BCUT2D eigenvalue weighted by Gasteiger charge is -2.28. The summed E-state index contributed by atoms with van der Waals surface area (Å²) in [5, 5.41) is 3.50. The molecule has 1 amide bonds. The van der Waals surface area contributed by atoms with Gasteiger partial charge in [-0.15, -0.1) is 0 Å². The molecule has 0 unspecified atom stereocenters. The minimum atomic E-state index is -3.75. The molecule has 2 rings (SSSR count). The average Bonchev–Trinajstić information content (AvgIpc) is 2.67. The number of carbonyl (C=O) groups excluding carboxylic acids is 1. The Morgan fingerprint density at radius 3 is 2.43 bits per heavy atom. The highest BCUT2D eigenvalue weighted by Crippen LogP contribution is 2.31. The van der Waals surface area contributed by atoms with Crippen molar-refractivity contribution in [3.05, 3.63) is 52.0 Å². The first kappa shape index (κ1) is 24.1. The van der Waals surface area contributed by atoms with E-state index < -0.39 is 22.0 Å². The second-order valence-corrected chi connectivity index (χ2v) is 9.28. The Morgan fingerprint density at radius 1 is 1.17 bits per heavy atom. The Kier molecular flexibility index (Phi) is 8.23. The Morgan fingerprint density at radius 2 is 1.87 bits per heavy atom. The number of ether oxygens (including phenoxy) is 2. The smallest absolute Gasteiger partial charge is 0.243 e. The van der Waals surface area contributed by atoms with Crippen LogP contribution in [0.15, 0.2) is 36.4 Å². The number of aryl methyl sites for hydroxylation is 1. The maximum atomic E-state index is 12.6. The van der Waals surface area contributed by atoms with Crippen LogP contribution in [0.2, 0.25) is 10.0 Å². The van der Waals surface area contributed by atoms with Crippen molar-refractivity contribution in [3.63, 3.8) is 0 Å². The van der Waals surface area contributed by atoms with Crippen molar-refractivity contribution >= 4 is 44.8 Å². The van der Waals surface area contributed by atoms with E-state index in [2.05, 4.69) is 5.32 Å². The first-order valence-electron chi connectivity index (χ1n) is 9.04. The molecule has 0 bridgehead atoms. The molecule has 0 aromatic heterocycles. The molecule has 7 nitrogen and oxygen atoms in total. The number of carbonyl (C=O) groups is 1. The van der Waals surface area contributed by atoms with Gasteiger partial charge in [0.15, 0.2) is 0 Å². The lowest BCUT2D eigenvalue weighted by molar-refractivity contribution is -0.121. The van der Waals surface area contributed by atoms with Gasteiger partial charge in [0.05, 0.1) is 30.6 Å². The van der Waals surface area contributed by atoms with E-state index in [1.54, 1.807) is 18.2 Å². The number of hydrogen-bond donors (Lipinski definition) is 1. The molecule has 164 valence electrons. The quantitative estimate of drug-likeness (QED) is 0.560. The third-order valence-corrected chi connectivity index (χ3v) is 6.24. The molecule has 30 heavy (non-hydrogen) atoms. The zero-order chi connectivity index (χ0) is 22.5. The van der Waals surface area contributed by atoms with Crippen LogP contribution in [0.5, 0.6) is 11.5 Å². The second kappa shape index (κ2) is 10.2. The number of halogens is 2. The number of amides is 1. The van der Waals surface area contributed by atoms with Crippen molar-refractivity contribution in [2.24, 2.45) is 0 Å². The molecule has 0 saturated carbocycles. The minimum Gasteiger partial charge on any atom is -0.495 e. The number of anilines is 1. The monoisotopic (exact) mass is 474 g/mol. The maximum Gasteiger partial charge on any atom is 0.243 e. The molecule has 0 aliphatic rings. The van der Waals surface area contributed by atoms with Crippen LogP contribution in [-0.2, 0) is 14.8 Å². The summed E-state index contributed by atoms with van der Waals surface area (Å²) in [6, 6.07) is 8.82. The van der Waals surface area contributed by atoms with Crippen LogP contribution in [0.25, 0.3) is 0 Å². The SMILES string of the molecule is COc1ccc(N([C@@H](C)C(=O)NCCOc2ccc(C)c(Cl)c2)S(C)(=O)=O)cc1Cl. The predicted octanol–water partition coefficient (Wildman–Crippen LogP) is 3.66. The Hall–Kier alpha value is -2.16. The van der Waals surface area contributed by atoms with Crippen LogP contribution < -0.4 is 19.1 Å². The molecule has 0 heterocycles. The summed E-state index contributed by atoms with van der Waals surface area (Å²) in [6.45, 7) is 3.77. The molecular weight excluding hydrogens is 451 g/mol. The lowest BCUT2D eigenvalue weighted by Crippen LogP contribution is -2.48. The first-order chi connectivity index (χ1) is 14.0. The molecular formula is C20H24Cl2N2O5S. The topological polar surface area (TPSA) is 84.9 Å². The van der Waals surface area contributed by atoms with E-state index >= 15 is 0 Å². The van der Waals surface area contributed by atoms with Gasteiger partial charge >= 0.3 is 0 Å². The number of nitrogens with zero attached hydrogens (tertiary/aromatic N) is 1. The number of hydrogen-bond acceptors (Lipinski definition) is 5. The summed E-state index contributed by atoms with van der Waals surface area (Å²) in [4.78, 5) is 12.6. The van der Waals surface area contributed by atoms with E-state index in [-0.39, 0.29) is 23.9 Å². The van der Waals surface area contributed by atoms with Crippen molar-refractivity contribution in [3.8, 4) is 11.5 Å². The van der Waals surface area contributed by atoms with Gasteiger partial charge in [-0.3, -0.25) is 9.10 Å². The van der Waals surface area contributed by atoms with Crippen molar-refractivity contribution in [1.82, 2.24) is 5.32 Å². The maximum absolute atomic E-state index is 12.6. The molecule has 0 aliphatic carbocycles. The van der Waals surface area contributed by atoms with Crippen molar-refractivity contribution < 1.29 is 22.7 Å². The summed E-state index contributed by atoms with van der Waals surface area (Å²) in [5.74, 6) is 0.510. The van der Waals surface area contributed by atoms with Crippen LogP contribution in [0, 0.1) is 6.92 Å². The van der Waals surface area contributed by atoms with E-state index in [1.165, 1.54) is 26.2 Å². The Labute approximate surface area is 186 Å². The van der Waals surface area contributed by atoms with Gasteiger partial charge in [0, 0.05) is 5.02 Å². The molecule has 0 saturated heterocycles. The van der Waals surface area contributed by atoms with Gasteiger partial charge in [-0.1, -0.05) is 29.3 Å². The fraction of sp³-hybridized carbons (Fsp3) is 0.350. The number of benzene rings is 2. The molecule has 1 N–H and O–H groups in total. The molecule has 2 aromatic rings. The van der Waals surface area contributed by atoms with E-state index in [9.17, 15) is 13.2 Å². The molecule has 10 heteroatoms. The Bertz CT molecular complexity index is 1010. The third-order valence-electron chi connectivity index (χ3n) is 4.29. The molecule has 0 radical (unpaired) electrons. The van der Waals surface area contributed by atoms with E-state index in [1.807, 2.05) is 13.0 Å². The molecule has 2 aromatic carbocycles. The molecule has 0 spiro atoms. The normalized spacial score (nSPS) is 12.2. The fourth-order valence-corrected chi connectivity index (χ4v) is 4.34. The molecule has 0 aliphatic heterocycles. The summed E-state index contributed by atoms with van der Waals surface area (Å²) >= 11 is 12.2. The van der Waals surface area contributed by atoms with Gasteiger partial charge in [0.25, 0.3) is 0 Å². The van der Waals surface area contributed by atoms with Crippen LogP contribution in [0.4, 0.5) is 5.69 Å². The number of nitrogens with one attached hydrogen (secondary N) is 1. The van der Waals surface area contributed by atoms with E-state index in [0.29, 0.717) is 16.5 Å². The van der Waals surface area contributed by atoms with Gasteiger partial charge in [-0.2, -0.15) is 0 Å². The van der Waals surface area contributed by atoms with Gasteiger partial charge < -0.3 is 14.8 Å². The van der Waals surface area contributed by atoms with Crippen LogP contribution in [-0.4, -0.2) is 46.9 Å². The van der Waals surface area contributed by atoms with Crippen LogP contribution in [0.1, 0.15) is 12.5 Å². The number of rotatable bonds is 9. The largest absolute Gasteiger partial charge is 0.495 e. The minimum absolute atomic E-state index is 0.190. The second-order valence-electron chi connectivity index (χ2n) is 6.60. The van der Waals surface area contributed by atoms with E-state index in [0.717, 1.165) is 16.1 Å². The highest BCUT2D eigenvalue weighted by molar-refractivity contribution is 7.92. The molecule has 0 fully saturated rings. The van der Waals surface area contributed by atoms with Crippen molar-refractivity contribution in [1.29, 1.82) is 0 Å². The van der Waals surface area contributed by atoms with Crippen LogP contribution >= 0.6 is 23.2 Å². The summed E-state index contributed by atoms with van der Waals surface area (Å²) in [6.07, 6.45) is 1.03. The predicted molar refractivity (Wildman–Crippen MR) is 119 cm³/mol. The summed E-state index contributed by atoms with van der Waals surface area (Å²) in [7, 11) is -2.30. The summed E-state index contributed by atoms with van der Waals surface area (Å²) in [5.41, 5.74) is 1.20. The molecule has 1 atom stereocenters. The highest BCUT2D eigenvalue weighted by atomic mass is 35.5. The zero-order valence-corrected chi connectivity index (χ0v) is 19.4. The van der Waals surface area contributed by atoms with Gasteiger partial charge in [0.1, 0.15) is 24.1 Å². The van der Waals surface area contributed by atoms with E-state index in [4.69, 9.17) is 32.7 Å². The Balaban J connectivity index is 2.03. The average molecular weight is 475 g/mol. The zero-order valence-electron chi connectivity index (χ0n) is 17.1. The number of methoxy groups -OCH3 is 1.